The molecule has 0 saturated carbocycles. The molecule has 0 bridgehead atoms. The summed E-state index contributed by atoms with van der Waals surface area (Å²) in [6.07, 6.45) is 0. The number of rotatable bonds is 7. The lowest BCUT2D eigenvalue weighted by atomic mass is 10.0. The molecule has 4 rings (SSSR count). The summed E-state index contributed by atoms with van der Waals surface area (Å²) in [7, 11) is -12.4. The van der Waals surface area contributed by atoms with E-state index in [2.05, 4.69) is 0 Å². The lowest BCUT2D eigenvalue weighted by molar-refractivity contribution is 0.224. The van der Waals surface area contributed by atoms with Gasteiger partial charge < -0.3 is 0 Å². The first kappa shape index (κ1) is 33.3. The molecule has 3 aromatic rings. The van der Waals surface area contributed by atoms with E-state index in [4.69, 9.17) is 0 Å². The van der Waals surface area contributed by atoms with Crippen LogP contribution < -0.4 is 0 Å². The van der Waals surface area contributed by atoms with Gasteiger partial charge in [0.2, 0.25) is 30.1 Å². The van der Waals surface area contributed by atoms with Crippen LogP contribution in [-0.4, -0.2) is 76.4 Å². The lowest BCUT2D eigenvalue weighted by Crippen LogP contribution is -2.51. The van der Waals surface area contributed by atoms with Crippen molar-refractivity contribution in [2.75, 3.05) is 26.2 Å². The fourth-order valence-corrected chi connectivity index (χ4v) is 10.2. The van der Waals surface area contributed by atoms with E-state index in [1.807, 2.05) is 34.6 Å². The van der Waals surface area contributed by atoms with Gasteiger partial charge in [-0.15, -0.1) is 0 Å². The van der Waals surface area contributed by atoms with Crippen LogP contribution in [0.3, 0.4) is 0 Å². The molecule has 0 spiro atoms. The molecule has 234 valence electrons. The Morgan fingerprint density at radius 2 is 0.907 bits per heavy atom. The van der Waals surface area contributed by atoms with Crippen molar-refractivity contribution in [3.8, 4) is 0 Å². The summed E-state index contributed by atoms with van der Waals surface area (Å²) in [5, 5.41) is 0. The number of sulfonamides is 3. The number of benzene rings is 3. The van der Waals surface area contributed by atoms with Gasteiger partial charge in [-0.05, 0) is 70.0 Å². The Balaban J connectivity index is 1.88. The third kappa shape index (κ3) is 7.05. The zero-order valence-corrected chi connectivity index (χ0v) is 28.0. The van der Waals surface area contributed by atoms with E-state index in [1.54, 1.807) is 43.3 Å². The van der Waals surface area contributed by atoms with Crippen molar-refractivity contribution in [3.05, 3.63) is 89.5 Å². The Morgan fingerprint density at radius 3 is 1.30 bits per heavy atom. The molecule has 1 aliphatic rings. The van der Waals surface area contributed by atoms with Crippen LogP contribution >= 0.6 is 0 Å². The Bertz CT molecular complexity index is 1740. The maximum absolute atomic E-state index is 14.2. The van der Waals surface area contributed by atoms with Crippen LogP contribution in [-0.2, 0) is 30.1 Å². The number of aryl methyl sites for hydroxylation is 3. The van der Waals surface area contributed by atoms with Gasteiger partial charge in [0.25, 0.3) is 0 Å². The minimum Gasteiger partial charge on any atom is -0.207 e. The van der Waals surface area contributed by atoms with Crippen LogP contribution in [0, 0.1) is 26.7 Å². The summed E-state index contributed by atoms with van der Waals surface area (Å²) < 4.78 is 88.4. The van der Waals surface area contributed by atoms with E-state index in [9.17, 15) is 25.3 Å². The van der Waals surface area contributed by atoms with Crippen molar-refractivity contribution < 1.29 is 25.3 Å². The molecule has 0 N–H and O–H groups in total. The summed E-state index contributed by atoms with van der Waals surface area (Å²) in [5.74, 6) is -0.286. The lowest BCUT2D eigenvalue weighted by Gasteiger charge is -2.36. The van der Waals surface area contributed by atoms with Gasteiger partial charge >= 0.3 is 0 Å². The summed E-state index contributed by atoms with van der Waals surface area (Å²) >= 11 is 0. The van der Waals surface area contributed by atoms with E-state index in [1.165, 1.54) is 49.3 Å². The molecule has 9 nitrogen and oxygen atoms in total. The molecule has 12 heteroatoms. The van der Waals surface area contributed by atoms with E-state index in [0.717, 1.165) is 16.7 Å². The molecule has 0 aliphatic carbocycles. The first-order valence-electron chi connectivity index (χ1n) is 14.3. The Morgan fingerprint density at radius 1 is 0.558 bits per heavy atom. The molecule has 1 heterocycles. The molecular formula is C31H41N3O6S3. The molecule has 0 amide bonds. The predicted octanol–water partition coefficient (Wildman–Crippen LogP) is 4.41. The van der Waals surface area contributed by atoms with Gasteiger partial charge in [0.15, 0.2) is 0 Å². The van der Waals surface area contributed by atoms with Gasteiger partial charge in [-0.2, -0.15) is 12.9 Å². The summed E-state index contributed by atoms with van der Waals surface area (Å²) in [4.78, 5) is 0.190. The van der Waals surface area contributed by atoms with Crippen LogP contribution in [0.15, 0.2) is 87.5 Å². The summed E-state index contributed by atoms with van der Waals surface area (Å²) in [6, 6.07) is 17.8. The average Bonchev–Trinajstić information content (AvgIpc) is 3.02. The van der Waals surface area contributed by atoms with E-state index in [0.29, 0.717) is 0 Å². The Labute approximate surface area is 257 Å². The predicted molar refractivity (Wildman–Crippen MR) is 168 cm³/mol. The van der Waals surface area contributed by atoms with Crippen LogP contribution in [0.2, 0.25) is 0 Å². The molecule has 1 fully saturated rings. The maximum Gasteiger partial charge on any atom is 0.243 e. The second kappa shape index (κ2) is 12.8. The molecule has 0 radical (unpaired) electrons. The molecule has 2 atom stereocenters. The summed E-state index contributed by atoms with van der Waals surface area (Å²) in [5.41, 5.74) is 2.67. The van der Waals surface area contributed by atoms with Gasteiger partial charge in [0.1, 0.15) is 0 Å². The highest BCUT2D eigenvalue weighted by molar-refractivity contribution is 7.90. The second-order valence-electron chi connectivity index (χ2n) is 11.7. The van der Waals surface area contributed by atoms with E-state index in [-0.39, 0.29) is 46.8 Å². The van der Waals surface area contributed by atoms with Gasteiger partial charge in [-0.3, -0.25) is 0 Å². The van der Waals surface area contributed by atoms with E-state index < -0.39 is 42.2 Å². The molecule has 3 aromatic carbocycles. The molecule has 1 aliphatic heterocycles. The second-order valence-corrected chi connectivity index (χ2v) is 17.4. The average molecular weight is 648 g/mol. The van der Waals surface area contributed by atoms with Crippen LogP contribution in [0.1, 0.15) is 37.5 Å². The smallest absolute Gasteiger partial charge is 0.207 e. The third-order valence-corrected chi connectivity index (χ3v) is 13.8. The van der Waals surface area contributed by atoms with Crippen molar-refractivity contribution in [1.29, 1.82) is 0 Å². The van der Waals surface area contributed by atoms with Gasteiger partial charge in [-0.25, -0.2) is 25.3 Å². The fraction of sp³-hybridized carbons (Fsp3) is 0.419. The van der Waals surface area contributed by atoms with Gasteiger partial charge in [0, 0.05) is 38.3 Å². The third-order valence-electron chi connectivity index (χ3n) is 7.94. The van der Waals surface area contributed by atoms with Crippen LogP contribution in [0.5, 0.6) is 0 Å². The number of hydrogen-bond acceptors (Lipinski definition) is 6. The van der Waals surface area contributed by atoms with Crippen molar-refractivity contribution in [2.24, 2.45) is 5.92 Å². The van der Waals surface area contributed by atoms with Crippen LogP contribution in [0.4, 0.5) is 0 Å². The van der Waals surface area contributed by atoms with Gasteiger partial charge in [0.05, 0.1) is 14.7 Å². The number of hydrogen-bond donors (Lipinski definition) is 0. The highest BCUT2D eigenvalue weighted by atomic mass is 32.2. The quantitative estimate of drug-likeness (QED) is 0.376. The zero-order chi connectivity index (χ0) is 31.7. The van der Waals surface area contributed by atoms with Gasteiger partial charge in [-0.1, -0.05) is 66.9 Å². The van der Waals surface area contributed by atoms with Crippen LogP contribution in [0.25, 0.3) is 0 Å². The molecule has 1 saturated heterocycles. The SMILES string of the molecule is Cc1ccc(S(=O)(=O)N2C[C@H](C(C)C)N(S(=O)(=O)c3ccc(C)cc3)CCN(S(=O)(=O)c3ccc(C)cc3)[C@@H](C)C2)cc1. The van der Waals surface area contributed by atoms with Crippen molar-refractivity contribution in [3.63, 3.8) is 0 Å². The molecule has 0 aromatic heterocycles. The van der Waals surface area contributed by atoms with Crippen molar-refractivity contribution in [1.82, 2.24) is 12.9 Å². The highest BCUT2D eigenvalue weighted by Crippen LogP contribution is 2.29. The maximum atomic E-state index is 14.2. The minimum absolute atomic E-state index is 0.0606. The monoisotopic (exact) mass is 647 g/mol. The molecular weight excluding hydrogens is 607 g/mol. The Hall–Kier alpha value is -2.61. The minimum atomic E-state index is -4.13. The van der Waals surface area contributed by atoms with Crippen molar-refractivity contribution >= 4 is 30.1 Å². The first-order valence-corrected chi connectivity index (χ1v) is 18.6. The molecule has 43 heavy (non-hydrogen) atoms. The molecule has 0 unspecified atom stereocenters. The van der Waals surface area contributed by atoms with E-state index >= 15 is 0 Å². The normalized spacial score (nSPS) is 20.4. The fourth-order valence-electron chi connectivity index (χ4n) is 5.29. The summed E-state index contributed by atoms with van der Waals surface area (Å²) in [6.45, 7) is 10.3. The standard InChI is InChI=1S/C31H41N3O6S3/c1-23(2)31-22-32(41(35,36)28-13-7-24(3)8-14-28)21-27(6)33(42(37,38)29-15-9-25(4)10-16-29)19-20-34(31)43(39,40)30-17-11-26(5)12-18-30/h7-18,23,27,31H,19-22H2,1-6H3/t27-,31+/m0/s1. The largest absolute Gasteiger partial charge is 0.243 e. The van der Waals surface area contributed by atoms with Crippen molar-refractivity contribution in [2.45, 2.75) is 68.3 Å². The highest BCUT2D eigenvalue weighted by Gasteiger charge is 2.42. The first-order chi connectivity index (χ1) is 20.0. The Kier molecular flexibility index (Phi) is 9.90. The topological polar surface area (TPSA) is 112 Å². The zero-order valence-electron chi connectivity index (χ0n) is 25.5. The number of nitrogens with zero attached hydrogens (tertiary/aromatic N) is 3.